The lowest BCUT2D eigenvalue weighted by atomic mass is 9.85. The lowest BCUT2D eigenvalue weighted by Crippen LogP contribution is -2.48. The Morgan fingerprint density at radius 3 is 2.28 bits per heavy atom. The number of imide groups is 1. The van der Waals surface area contributed by atoms with E-state index < -0.39 is 41.8 Å². The van der Waals surface area contributed by atoms with Gasteiger partial charge in [-0.3, -0.25) is 24.1 Å². The van der Waals surface area contributed by atoms with Crippen LogP contribution in [0.1, 0.15) is 50.4 Å². The van der Waals surface area contributed by atoms with Crippen LogP contribution >= 0.6 is 11.3 Å². The monoisotopic (exact) mass is 461 g/mol. The van der Waals surface area contributed by atoms with E-state index >= 15 is 0 Å². The molecule has 2 heterocycles. The number of thiophene rings is 1. The number of rotatable bonds is 8. The predicted octanol–water partition coefficient (Wildman–Crippen LogP) is 2.08. The van der Waals surface area contributed by atoms with E-state index in [0.717, 1.165) is 16.2 Å². The molecule has 0 spiro atoms. The van der Waals surface area contributed by atoms with E-state index in [4.69, 9.17) is 10.5 Å². The van der Waals surface area contributed by atoms with E-state index in [-0.39, 0.29) is 34.7 Å². The molecule has 1 aromatic heterocycles. The lowest BCUT2D eigenvalue weighted by molar-refractivity contribution is -0.164. The third-order valence-corrected chi connectivity index (χ3v) is 6.48. The molecule has 4 atom stereocenters. The number of amides is 4. The Balaban J connectivity index is 1.73. The first-order valence-electron chi connectivity index (χ1n) is 10.5. The minimum atomic E-state index is -1.21. The van der Waals surface area contributed by atoms with Gasteiger partial charge >= 0.3 is 5.97 Å². The SMILES string of the molecule is CC(C)CC(C(=O)OC(C)C(=O)Nc1sccc1C(N)=O)N1C(=O)C2CC=CCC2C1=O. The summed E-state index contributed by atoms with van der Waals surface area (Å²) in [6.45, 7) is 5.13. The van der Waals surface area contributed by atoms with Crippen molar-refractivity contribution in [1.82, 2.24) is 4.90 Å². The number of ether oxygens (including phenoxy) is 1. The molecule has 0 radical (unpaired) electrons. The van der Waals surface area contributed by atoms with Gasteiger partial charge in [-0.05, 0) is 43.6 Å². The highest BCUT2D eigenvalue weighted by molar-refractivity contribution is 7.14. The summed E-state index contributed by atoms with van der Waals surface area (Å²) in [6, 6.07) is 0.385. The maximum atomic E-state index is 13.0. The molecular formula is C22H27N3O6S. The number of fused-ring (bicyclic) bond motifs is 1. The number of esters is 1. The van der Waals surface area contributed by atoms with E-state index in [0.29, 0.717) is 12.8 Å². The zero-order valence-electron chi connectivity index (χ0n) is 18.2. The number of primary amides is 1. The molecule has 2 aliphatic rings. The van der Waals surface area contributed by atoms with Crippen molar-refractivity contribution < 1.29 is 28.7 Å². The van der Waals surface area contributed by atoms with Crippen LogP contribution in [0.3, 0.4) is 0 Å². The number of hydrogen-bond acceptors (Lipinski definition) is 7. The standard InChI is InChI=1S/C22H27N3O6S/c1-11(2)10-16(25-20(28)13-6-4-5-7-14(13)21(25)29)22(30)31-12(3)18(27)24-19-15(17(23)26)8-9-32-19/h4-5,8-9,11-14,16H,6-7,10H2,1-3H3,(H2,23,26)(H,24,27). The molecular weight excluding hydrogens is 434 g/mol. The van der Waals surface area contributed by atoms with Gasteiger partial charge in [-0.25, -0.2) is 4.79 Å². The maximum absolute atomic E-state index is 13.0. The Morgan fingerprint density at radius 2 is 1.75 bits per heavy atom. The molecule has 0 saturated carbocycles. The first-order chi connectivity index (χ1) is 15.1. The van der Waals surface area contributed by atoms with Gasteiger partial charge < -0.3 is 15.8 Å². The maximum Gasteiger partial charge on any atom is 0.330 e. The summed E-state index contributed by atoms with van der Waals surface area (Å²) < 4.78 is 5.36. The average Bonchev–Trinajstić information content (AvgIpc) is 3.29. The first-order valence-corrected chi connectivity index (χ1v) is 11.4. The molecule has 172 valence electrons. The highest BCUT2D eigenvalue weighted by atomic mass is 32.1. The van der Waals surface area contributed by atoms with Gasteiger partial charge in [0.1, 0.15) is 11.0 Å². The summed E-state index contributed by atoms with van der Waals surface area (Å²) in [6.07, 6.45) is 3.71. The molecule has 1 aliphatic carbocycles. The fourth-order valence-corrected chi connectivity index (χ4v) is 4.80. The summed E-state index contributed by atoms with van der Waals surface area (Å²) in [7, 11) is 0. The van der Waals surface area contributed by atoms with Crippen molar-refractivity contribution in [2.45, 2.75) is 52.2 Å². The highest BCUT2D eigenvalue weighted by Crippen LogP contribution is 2.37. The largest absolute Gasteiger partial charge is 0.451 e. The molecule has 1 aromatic rings. The van der Waals surface area contributed by atoms with Crippen molar-refractivity contribution in [3.63, 3.8) is 0 Å². The predicted molar refractivity (Wildman–Crippen MR) is 117 cm³/mol. The average molecular weight is 462 g/mol. The topological polar surface area (TPSA) is 136 Å². The van der Waals surface area contributed by atoms with E-state index in [2.05, 4.69) is 5.32 Å². The summed E-state index contributed by atoms with van der Waals surface area (Å²) in [4.78, 5) is 63.9. The number of nitrogens with one attached hydrogen (secondary N) is 1. The van der Waals surface area contributed by atoms with Crippen LogP contribution in [0.2, 0.25) is 0 Å². The number of nitrogens with two attached hydrogens (primary N) is 1. The molecule has 9 nitrogen and oxygen atoms in total. The number of anilines is 1. The molecule has 1 saturated heterocycles. The molecule has 4 unspecified atom stereocenters. The van der Waals surface area contributed by atoms with E-state index in [1.807, 2.05) is 26.0 Å². The Hall–Kier alpha value is -3.01. The first kappa shape index (κ1) is 23.6. The van der Waals surface area contributed by atoms with Crippen molar-refractivity contribution in [3.8, 4) is 0 Å². The summed E-state index contributed by atoms with van der Waals surface area (Å²) in [5.41, 5.74) is 5.44. The lowest BCUT2D eigenvalue weighted by Gasteiger charge is -2.27. The van der Waals surface area contributed by atoms with Crippen LogP contribution in [0.5, 0.6) is 0 Å². The van der Waals surface area contributed by atoms with Gasteiger partial charge in [-0.2, -0.15) is 0 Å². The van der Waals surface area contributed by atoms with Crippen LogP contribution in [-0.4, -0.2) is 46.6 Å². The van der Waals surface area contributed by atoms with Gasteiger partial charge in [-0.1, -0.05) is 26.0 Å². The van der Waals surface area contributed by atoms with Crippen LogP contribution in [0.25, 0.3) is 0 Å². The molecule has 32 heavy (non-hydrogen) atoms. The minimum Gasteiger partial charge on any atom is -0.451 e. The number of allylic oxidation sites excluding steroid dienone is 2. The molecule has 4 amide bonds. The molecule has 1 fully saturated rings. The van der Waals surface area contributed by atoms with Crippen LogP contribution in [-0.2, 0) is 23.9 Å². The van der Waals surface area contributed by atoms with Gasteiger partial charge in [-0.15, -0.1) is 11.3 Å². The fourth-order valence-electron chi connectivity index (χ4n) is 4.01. The van der Waals surface area contributed by atoms with Crippen LogP contribution < -0.4 is 11.1 Å². The zero-order valence-corrected chi connectivity index (χ0v) is 19.0. The van der Waals surface area contributed by atoms with Crippen molar-refractivity contribution in [2.24, 2.45) is 23.5 Å². The van der Waals surface area contributed by atoms with Crippen LogP contribution in [0, 0.1) is 17.8 Å². The van der Waals surface area contributed by atoms with Crippen LogP contribution in [0.4, 0.5) is 5.00 Å². The Kier molecular flexibility index (Phi) is 7.12. The van der Waals surface area contributed by atoms with Gasteiger partial charge in [0.2, 0.25) is 11.8 Å². The number of hydrogen-bond donors (Lipinski definition) is 2. The second kappa shape index (κ2) is 9.64. The molecule has 3 rings (SSSR count). The minimum absolute atomic E-state index is 0.00211. The van der Waals surface area contributed by atoms with Gasteiger partial charge in [0.25, 0.3) is 11.8 Å². The van der Waals surface area contributed by atoms with Crippen LogP contribution in [0.15, 0.2) is 23.6 Å². The van der Waals surface area contributed by atoms with Crippen molar-refractivity contribution >= 4 is 45.9 Å². The summed E-state index contributed by atoms with van der Waals surface area (Å²) in [5, 5.41) is 4.39. The normalized spacial score (nSPS) is 21.9. The quantitative estimate of drug-likeness (QED) is 0.346. The molecule has 3 N–H and O–H groups in total. The Bertz CT molecular complexity index is 943. The molecule has 10 heteroatoms. The third-order valence-electron chi connectivity index (χ3n) is 5.65. The second-order valence-corrected chi connectivity index (χ2v) is 9.36. The third kappa shape index (κ3) is 4.74. The van der Waals surface area contributed by atoms with E-state index in [1.165, 1.54) is 13.0 Å². The van der Waals surface area contributed by atoms with E-state index in [1.54, 1.807) is 5.38 Å². The number of carbonyl (C=O) groups is 5. The van der Waals surface area contributed by atoms with Crippen molar-refractivity contribution in [2.75, 3.05) is 5.32 Å². The van der Waals surface area contributed by atoms with Crippen molar-refractivity contribution in [1.29, 1.82) is 0 Å². The van der Waals surface area contributed by atoms with Gasteiger partial charge in [0.05, 0.1) is 17.4 Å². The molecule has 0 aromatic carbocycles. The Labute approximate surface area is 190 Å². The molecule has 1 aliphatic heterocycles. The van der Waals surface area contributed by atoms with Gasteiger partial charge in [0.15, 0.2) is 6.10 Å². The number of nitrogens with zero attached hydrogens (tertiary/aromatic N) is 1. The van der Waals surface area contributed by atoms with Crippen molar-refractivity contribution in [3.05, 3.63) is 29.2 Å². The number of likely N-dealkylation sites (tertiary alicyclic amines) is 1. The smallest absolute Gasteiger partial charge is 0.330 e. The number of carbonyl (C=O) groups excluding carboxylic acids is 5. The van der Waals surface area contributed by atoms with Gasteiger partial charge in [0, 0.05) is 0 Å². The fraction of sp³-hybridized carbons (Fsp3) is 0.500. The van der Waals surface area contributed by atoms with E-state index in [9.17, 15) is 24.0 Å². The zero-order chi connectivity index (χ0) is 23.6. The summed E-state index contributed by atoms with van der Waals surface area (Å²) >= 11 is 1.11. The second-order valence-electron chi connectivity index (χ2n) is 8.44. The Morgan fingerprint density at radius 1 is 1.16 bits per heavy atom. The molecule has 0 bridgehead atoms. The highest BCUT2D eigenvalue weighted by Gasteiger charge is 2.51. The summed E-state index contributed by atoms with van der Waals surface area (Å²) in [5.74, 6) is -3.79.